The van der Waals surface area contributed by atoms with Crippen LogP contribution in [0.1, 0.15) is 29.9 Å². The van der Waals surface area contributed by atoms with E-state index in [-0.39, 0.29) is 17.4 Å². The lowest BCUT2D eigenvalue weighted by molar-refractivity contribution is -0.481. The molecule has 1 fully saturated rings. The second-order valence-electron chi connectivity index (χ2n) is 8.18. The molecule has 3 aromatic carbocycles. The van der Waals surface area contributed by atoms with Gasteiger partial charge in [-0.15, -0.1) is 0 Å². The summed E-state index contributed by atoms with van der Waals surface area (Å²) in [6.07, 6.45) is 2.45. The zero-order valence-electron chi connectivity index (χ0n) is 17.3. The van der Waals surface area contributed by atoms with Gasteiger partial charge in [0.2, 0.25) is 6.54 Å². The lowest BCUT2D eigenvalue weighted by Gasteiger charge is -2.20. The standard InChI is InChI=1S/C26H25N3O2/c30-29(31)18-23(19-12-14-21(15-13-19)28-16-6-7-17-28)25-22-10-4-5-11-24(22)27-26(25)20-8-2-1-3-9-20/h1-5,8-15,23,27H,6-7,16-18H2. The second-order valence-corrected chi connectivity index (χ2v) is 8.18. The molecule has 4 aromatic rings. The van der Waals surface area contributed by atoms with E-state index in [1.807, 2.05) is 48.5 Å². The normalized spacial score (nSPS) is 14.8. The van der Waals surface area contributed by atoms with Crippen LogP contribution in [0.5, 0.6) is 0 Å². The van der Waals surface area contributed by atoms with Crippen molar-refractivity contribution in [1.82, 2.24) is 4.98 Å². The highest BCUT2D eigenvalue weighted by Gasteiger charge is 2.27. The zero-order valence-corrected chi connectivity index (χ0v) is 17.3. The van der Waals surface area contributed by atoms with E-state index in [1.165, 1.54) is 18.5 Å². The predicted molar refractivity (Wildman–Crippen MR) is 125 cm³/mol. The van der Waals surface area contributed by atoms with Crippen LogP contribution in [0.15, 0.2) is 78.9 Å². The summed E-state index contributed by atoms with van der Waals surface area (Å²) in [6.45, 7) is 2.02. The highest BCUT2D eigenvalue weighted by molar-refractivity contribution is 5.92. The highest BCUT2D eigenvalue weighted by Crippen LogP contribution is 2.39. The monoisotopic (exact) mass is 411 g/mol. The third-order valence-electron chi connectivity index (χ3n) is 6.26. The first-order chi connectivity index (χ1) is 15.2. The Morgan fingerprint density at radius 3 is 2.29 bits per heavy atom. The summed E-state index contributed by atoms with van der Waals surface area (Å²) >= 11 is 0. The van der Waals surface area contributed by atoms with Crippen molar-refractivity contribution in [2.24, 2.45) is 0 Å². The third kappa shape index (κ3) is 3.79. The van der Waals surface area contributed by atoms with E-state index >= 15 is 0 Å². The van der Waals surface area contributed by atoms with Crippen LogP contribution in [-0.2, 0) is 0 Å². The van der Waals surface area contributed by atoms with Crippen molar-refractivity contribution in [2.75, 3.05) is 24.5 Å². The molecule has 1 unspecified atom stereocenters. The van der Waals surface area contributed by atoms with Gasteiger partial charge in [-0.2, -0.15) is 0 Å². The minimum Gasteiger partial charge on any atom is -0.372 e. The third-order valence-corrected chi connectivity index (χ3v) is 6.26. The zero-order chi connectivity index (χ0) is 21.2. The minimum atomic E-state index is -0.339. The molecule has 0 saturated carbocycles. The molecule has 0 radical (unpaired) electrons. The van der Waals surface area contributed by atoms with Gasteiger partial charge in [-0.3, -0.25) is 10.1 Å². The van der Waals surface area contributed by atoms with Crippen molar-refractivity contribution in [2.45, 2.75) is 18.8 Å². The van der Waals surface area contributed by atoms with Crippen molar-refractivity contribution in [3.8, 4) is 11.3 Å². The number of aromatic nitrogens is 1. The molecule has 1 saturated heterocycles. The van der Waals surface area contributed by atoms with Crippen LogP contribution in [-0.4, -0.2) is 29.5 Å². The summed E-state index contributed by atoms with van der Waals surface area (Å²) in [4.78, 5) is 17.4. The highest BCUT2D eigenvalue weighted by atomic mass is 16.6. The first kappa shape index (κ1) is 19.4. The maximum atomic E-state index is 11.7. The molecule has 0 aliphatic carbocycles. The molecule has 1 N–H and O–H groups in total. The van der Waals surface area contributed by atoms with Gasteiger partial charge in [-0.25, -0.2) is 0 Å². The fourth-order valence-electron chi connectivity index (χ4n) is 4.76. The Bertz CT molecular complexity index is 1190. The molecule has 1 aliphatic heterocycles. The van der Waals surface area contributed by atoms with Gasteiger partial charge >= 0.3 is 0 Å². The van der Waals surface area contributed by atoms with Crippen LogP contribution in [0.25, 0.3) is 22.2 Å². The van der Waals surface area contributed by atoms with Crippen molar-refractivity contribution in [1.29, 1.82) is 0 Å². The Labute approximate surface area is 181 Å². The van der Waals surface area contributed by atoms with Gasteiger partial charge in [0, 0.05) is 34.6 Å². The molecule has 5 nitrogen and oxygen atoms in total. The lowest BCUT2D eigenvalue weighted by atomic mass is 9.87. The Balaban J connectivity index is 1.64. The Kier molecular flexibility index (Phi) is 5.16. The molecule has 0 bridgehead atoms. The van der Waals surface area contributed by atoms with Crippen molar-refractivity contribution >= 4 is 16.6 Å². The number of fused-ring (bicyclic) bond motifs is 1. The maximum absolute atomic E-state index is 11.7. The van der Waals surface area contributed by atoms with E-state index in [2.05, 4.69) is 40.2 Å². The average Bonchev–Trinajstić information content (AvgIpc) is 3.47. The van der Waals surface area contributed by atoms with Crippen molar-refractivity contribution < 1.29 is 4.92 Å². The molecule has 1 atom stereocenters. The van der Waals surface area contributed by atoms with E-state index in [0.29, 0.717) is 0 Å². The topological polar surface area (TPSA) is 62.2 Å². The number of nitro groups is 1. The molecule has 5 rings (SSSR count). The average molecular weight is 412 g/mol. The Hall–Kier alpha value is -3.60. The number of nitrogens with zero attached hydrogens (tertiary/aromatic N) is 2. The van der Waals surface area contributed by atoms with Crippen LogP contribution in [0, 0.1) is 10.1 Å². The molecule has 5 heteroatoms. The Morgan fingerprint density at radius 1 is 0.903 bits per heavy atom. The van der Waals surface area contributed by atoms with Crippen LogP contribution in [0.3, 0.4) is 0 Å². The van der Waals surface area contributed by atoms with Gasteiger partial charge in [-0.05, 0) is 47.7 Å². The maximum Gasteiger partial charge on any atom is 0.214 e. The molecule has 1 aromatic heterocycles. The van der Waals surface area contributed by atoms with Gasteiger partial charge in [0.15, 0.2) is 0 Å². The largest absolute Gasteiger partial charge is 0.372 e. The van der Waals surface area contributed by atoms with Crippen LogP contribution in [0.4, 0.5) is 5.69 Å². The molecule has 0 spiro atoms. The lowest BCUT2D eigenvalue weighted by Crippen LogP contribution is -2.18. The van der Waals surface area contributed by atoms with Crippen molar-refractivity contribution in [3.63, 3.8) is 0 Å². The number of H-pyrrole nitrogens is 1. The molecule has 0 amide bonds. The number of para-hydroxylation sites is 1. The quantitative estimate of drug-likeness (QED) is 0.320. The van der Waals surface area contributed by atoms with E-state index in [1.54, 1.807) is 0 Å². The fraction of sp³-hybridized carbons (Fsp3) is 0.231. The number of benzene rings is 3. The van der Waals surface area contributed by atoms with E-state index < -0.39 is 0 Å². The summed E-state index contributed by atoms with van der Waals surface area (Å²) < 4.78 is 0. The summed E-state index contributed by atoms with van der Waals surface area (Å²) in [6, 6.07) is 26.5. The molecular formula is C26H25N3O2. The van der Waals surface area contributed by atoms with E-state index in [9.17, 15) is 10.1 Å². The molecule has 156 valence electrons. The van der Waals surface area contributed by atoms with Gasteiger partial charge in [0.1, 0.15) is 0 Å². The molecule has 31 heavy (non-hydrogen) atoms. The van der Waals surface area contributed by atoms with E-state index in [4.69, 9.17) is 0 Å². The number of hydrogen-bond acceptors (Lipinski definition) is 3. The second kappa shape index (κ2) is 8.26. The summed E-state index contributed by atoms with van der Waals surface area (Å²) in [7, 11) is 0. The first-order valence-corrected chi connectivity index (χ1v) is 10.8. The molecule has 2 heterocycles. The number of nitrogens with one attached hydrogen (secondary N) is 1. The molecular weight excluding hydrogens is 386 g/mol. The summed E-state index contributed by atoms with van der Waals surface area (Å²) in [5, 5.41) is 12.8. The van der Waals surface area contributed by atoms with E-state index in [0.717, 1.165) is 46.4 Å². The summed E-state index contributed by atoms with van der Waals surface area (Å²) in [5.74, 6) is -0.339. The number of aromatic amines is 1. The fourth-order valence-corrected chi connectivity index (χ4v) is 4.76. The van der Waals surface area contributed by atoms with Gasteiger partial charge in [-0.1, -0.05) is 60.7 Å². The predicted octanol–water partition coefficient (Wildman–Crippen LogP) is 5.84. The first-order valence-electron chi connectivity index (χ1n) is 10.8. The van der Waals surface area contributed by atoms with Gasteiger partial charge < -0.3 is 9.88 Å². The number of hydrogen-bond donors (Lipinski definition) is 1. The van der Waals surface area contributed by atoms with Crippen LogP contribution >= 0.6 is 0 Å². The van der Waals surface area contributed by atoms with Gasteiger partial charge in [0.25, 0.3) is 0 Å². The number of anilines is 1. The Morgan fingerprint density at radius 2 is 1.58 bits per heavy atom. The molecule has 1 aliphatic rings. The van der Waals surface area contributed by atoms with Crippen LogP contribution < -0.4 is 4.90 Å². The van der Waals surface area contributed by atoms with Crippen LogP contribution in [0.2, 0.25) is 0 Å². The number of rotatable bonds is 6. The summed E-state index contributed by atoms with van der Waals surface area (Å²) in [5.41, 5.74) is 6.16. The SMILES string of the molecule is O=[N+]([O-])CC(c1ccc(N2CCCC2)cc1)c1c(-c2ccccc2)[nH]c2ccccc12. The smallest absolute Gasteiger partial charge is 0.214 e. The van der Waals surface area contributed by atoms with Crippen molar-refractivity contribution in [3.05, 3.63) is 100 Å². The minimum absolute atomic E-state index is 0.148. The van der Waals surface area contributed by atoms with Gasteiger partial charge in [0.05, 0.1) is 11.6 Å².